The molecule has 0 amide bonds. The maximum Gasteiger partial charge on any atom is 0.157 e. The van der Waals surface area contributed by atoms with E-state index in [0.717, 1.165) is 0 Å². The standard InChI is InChI=1S/C18H28N2O10/c21-5-9-11(23)13(25)15(27)17(29-9)19-7-1-2-8(4-3-7)20-18-16(28)14(26)12(24)10(6-22)30-18/h1-4,9-28H,5-6H2/t9-,10-,11+,12+,13+,14+,15-,16+,17-,18-/m0/s1. The molecule has 3 rings (SSSR count). The monoisotopic (exact) mass is 432 g/mol. The molecule has 12 nitrogen and oxygen atoms in total. The van der Waals surface area contributed by atoms with Crippen molar-refractivity contribution in [2.45, 2.75) is 61.3 Å². The van der Waals surface area contributed by atoms with Gasteiger partial charge in [0.1, 0.15) is 48.8 Å². The van der Waals surface area contributed by atoms with E-state index >= 15 is 0 Å². The number of hydrogen-bond acceptors (Lipinski definition) is 12. The number of hydrogen-bond donors (Lipinski definition) is 10. The maximum absolute atomic E-state index is 10.1. The molecule has 1 aromatic rings. The zero-order chi connectivity index (χ0) is 22.0. The average Bonchev–Trinajstić information content (AvgIpc) is 2.75. The number of anilines is 2. The van der Waals surface area contributed by atoms with Crippen LogP contribution in [0.25, 0.3) is 0 Å². The van der Waals surface area contributed by atoms with Crippen LogP contribution in [0.2, 0.25) is 0 Å². The number of benzene rings is 1. The first-order valence-electron chi connectivity index (χ1n) is 9.51. The number of ether oxygens (including phenoxy) is 2. The Labute approximate surface area is 171 Å². The molecular formula is C18H28N2O10. The summed E-state index contributed by atoms with van der Waals surface area (Å²) in [4.78, 5) is 0. The SMILES string of the molecule is OC[C@@H]1O[C@H](Nc2ccc(N[C@H]3O[C@@H](CO)[C@@H](O)[C@@H](O)[C@H]3O)cc2)[C@@H](O)[C@H](O)[C@@H]1O. The minimum absolute atomic E-state index is 0.485. The van der Waals surface area contributed by atoms with Gasteiger partial charge in [0.2, 0.25) is 0 Å². The third kappa shape index (κ3) is 4.68. The molecule has 10 N–H and O–H groups in total. The van der Waals surface area contributed by atoms with Gasteiger partial charge in [-0.15, -0.1) is 0 Å². The van der Waals surface area contributed by atoms with Gasteiger partial charge in [-0.2, -0.15) is 0 Å². The van der Waals surface area contributed by atoms with Gasteiger partial charge in [-0.1, -0.05) is 0 Å². The molecule has 12 heteroatoms. The molecule has 30 heavy (non-hydrogen) atoms. The molecule has 0 aromatic heterocycles. The molecule has 10 atom stereocenters. The fourth-order valence-electron chi connectivity index (χ4n) is 3.43. The minimum Gasteiger partial charge on any atom is -0.394 e. The Morgan fingerprint density at radius 3 is 1.20 bits per heavy atom. The van der Waals surface area contributed by atoms with Crippen molar-refractivity contribution in [1.82, 2.24) is 0 Å². The van der Waals surface area contributed by atoms with Gasteiger partial charge < -0.3 is 61.0 Å². The molecule has 2 aliphatic heterocycles. The number of nitrogens with one attached hydrogen (secondary N) is 2. The molecule has 0 aliphatic carbocycles. The van der Waals surface area contributed by atoms with Crippen LogP contribution in [0.1, 0.15) is 0 Å². The normalized spacial score (nSPS) is 42.0. The Kier molecular flexibility index (Phi) is 7.47. The number of aliphatic hydroxyl groups excluding tert-OH is 8. The Bertz CT molecular complexity index is 618. The average molecular weight is 432 g/mol. The highest BCUT2D eigenvalue weighted by Crippen LogP contribution is 2.26. The molecular weight excluding hydrogens is 404 g/mol. The second kappa shape index (κ2) is 9.70. The van der Waals surface area contributed by atoms with Gasteiger partial charge in [-0.3, -0.25) is 0 Å². The summed E-state index contributed by atoms with van der Waals surface area (Å²) in [6, 6.07) is 6.36. The lowest BCUT2D eigenvalue weighted by atomic mass is 9.98. The Morgan fingerprint density at radius 1 is 0.567 bits per heavy atom. The van der Waals surface area contributed by atoms with Gasteiger partial charge >= 0.3 is 0 Å². The largest absolute Gasteiger partial charge is 0.394 e. The lowest BCUT2D eigenvalue weighted by Crippen LogP contribution is -2.60. The Balaban J connectivity index is 1.62. The van der Waals surface area contributed by atoms with Crippen LogP contribution in [0.3, 0.4) is 0 Å². The van der Waals surface area contributed by atoms with Crippen molar-refractivity contribution in [1.29, 1.82) is 0 Å². The van der Waals surface area contributed by atoms with E-state index in [9.17, 15) is 40.9 Å². The number of aliphatic hydroxyl groups is 8. The van der Waals surface area contributed by atoms with E-state index in [0.29, 0.717) is 11.4 Å². The third-order valence-corrected chi connectivity index (χ3v) is 5.29. The van der Waals surface area contributed by atoms with Crippen molar-refractivity contribution in [3.63, 3.8) is 0 Å². The van der Waals surface area contributed by atoms with Crippen LogP contribution in [0.15, 0.2) is 24.3 Å². The summed E-state index contributed by atoms with van der Waals surface area (Å²) in [5.74, 6) is 0. The van der Waals surface area contributed by atoms with Gasteiger partial charge in [-0.05, 0) is 24.3 Å². The third-order valence-electron chi connectivity index (χ3n) is 5.29. The smallest absolute Gasteiger partial charge is 0.157 e. The van der Waals surface area contributed by atoms with E-state index < -0.39 is 74.5 Å². The van der Waals surface area contributed by atoms with Crippen LogP contribution < -0.4 is 10.6 Å². The van der Waals surface area contributed by atoms with Gasteiger partial charge in [0.25, 0.3) is 0 Å². The molecule has 2 fully saturated rings. The molecule has 2 aliphatic rings. The van der Waals surface area contributed by atoms with Gasteiger partial charge in [0.05, 0.1) is 13.2 Å². The molecule has 170 valence electrons. The van der Waals surface area contributed by atoms with Crippen LogP contribution in [-0.4, -0.2) is 115 Å². The Hall–Kier alpha value is -1.58. The molecule has 0 bridgehead atoms. The summed E-state index contributed by atoms with van der Waals surface area (Å²) in [5, 5.41) is 83.6. The fourth-order valence-corrected chi connectivity index (χ4v) is 3.43. The zero-order valence-corrected chi connectivity index (χ0v) is 15.9. The van der Waals surface area contributed by atoms with Gasteiger partial charge in [0, 0.05) is 11.4 Å². The summed E-state index contributed by atoms with van der Waals surface area (Å²) < 4.78 is 10.8. The van der Waals surface area contributed by atoms with Crippen LogP contribution in [0.4, 0.5) is 11.4 Å². The summed E-state index contributed by atoms with van der Waals surface area (Å²) in [5.41, 5.74) is 0.970. The van der Waals surface area contributed by atoms with Crippen molar-refractivity contribution in [3.8, 4) is 0 Å². The van der Waals surface area contributed by atoms with E-state index in [1.807, 2.05) is 0 Å². The van der Waals surface area contributed by atoms with Crippen LogP contribution in [-0.2, 0) is 9.47 Å². The second-order valence-corrected chi connectivity index (χ2v) is 7.36. The molecule has 2 heterocycles. The zero-order valence-electron chi connectivity index (χ0n) is 15.9. The van der Waals surface area contributed by atoms with Crippen LogP contribution in [0.5, 0.6) is 0 Å². The molecule has 1 aromatic carbocycles. The van der Waals surface area contributed by atoms with E-state index in [1.54, 1.807) is 24.3 Å². The predicted molar refractivity (Wildman–Crippen MR) is 101 cm³/mol. The van der Waals surface area contributed by atoms with Gasteiger partial charge in [0.15, 0.2) is 12.5 Å². The van der Waals surface area contributed by atoms with Crippen molar-refractivity contribution in [3.05, 3.63) is 24.3 Å². The van der Waals surface area contributed by atoms with E-state index in [4.69, 9.17) is 9.47 Å². The highest BCUT2D eigenvalue weighted by atomic mass is 16.6. The highest BCUT2D eigenvalue weighted by molar-refractivity contribution is 5.54. The van der Waals surface area contributed by atoms with E-state index in [-0.39, 0.29) is 0 Å². The lowest BCUT2D eigenvalue weighted by Gasteiger charge is -2.40. The van der Waals surface area contributed by atoms with Gasteiger partial charge in [-0.25, -0.2) is 0 Å². The molecule has 0 radical (unpaired) electrons. The lowest BCUT2D eigenvalue weighted by molar-refractivity contribution is -0.221. The quantitative estimate of drug-likeness (QED) is 0.210. The Morgan fingerprint density at radius 2 is 0.900 bits per heavy atom. The second-order valence-electron chi connectivity index (χ2n) is 7.36. The molecule has 2 saturated heterocycles. The van der Waals surface area contributed by atoms with Crippen molar-refractivity contribution in [2.75, 3.05) is 23.8 Å². The molecule has 0 unspecified atom stereocenters. The van der Waals surface area contributed by atoms with Crippen molar-refractivity contribution >= 4 is 11.4 Å². The summed E-state index contributed by atoms with van der Waals surface area (Å²) in [7, 11) is 0. The first-order chi connectivity index (χ1) is 14.3. The van der Waals surface area contributed by atoms with Crippen LogP contribution >= 0.6 is 0 Å². The molecule has 0 spiro atoms. The summed E-state index contributed by atoms with van der Waals surface area (Å²) >= 11 is 0. The van der Waals surface area contributed by atoms with E-state index in [1.165, 1.54) is 0 Å². The number of rotatable bonds is 6. The predicted octanol–water partition coefficient (Wildman–Crippen LogP) is -3.89. The first kappa shape index (κ1) is 23.1. The molecule has 0 saturated carbocycles. The highest BCUT2D eigenvalue weighted by Gasteiger charge is 2.44. The van der Waals surface area contributed by atoms with Crippen molar-refractivity contribution in [2.24, 2.45) is 0 Å². The summed E-state index contributed by atoms with van der Waals surface area (Å²) in [6.45, 7) is -1.07. The van der Waals surface area contributed by atoms with Crippen LogP contribution in [0, 0.1) is 0 Å². The summed E-state index contributed by atoms with van der Waals surface area (Å²) in [6.07, 6.45) is -13.0. The minimum atomic E-state index is -1.50. The fraction of sp³-hybridized carbons (Fsp3) is 0.667. The van der Waals surface area contributed by atoms with Crippen molar-refractivity contribution < 1.29 is 50.3 Å². The first-order valence-corrected chi connectivity index (χ1v) is 9.51. The maximum atomic E-state index is 10.1. The topological polar surface area (TPSA) is 204 Å². The van der Waals surface area contributed by atoms with E-state index in [2.05, 4.69) is 10.6 Å².